The van der Waals surface area contributed by atoms with E-state index >= 15 is 0 Å². The topological polar surface area (TPSA) is 52.0 Å². The lowest BCUT2D eigenvalue weighted by molar-refractivity contribution is -0.137. The fourth-order valence-electron chi connectivity index (χ4n) is 2.21. The van der Waals surface area contributed by atoms with Gasteiger partial charge in [0.2, 0.25) is 0 Å². The Morgan fingerprint density at radius 3 is 1.68 bits per heavy atom. The normalized spacial score (nSPS) is 17.0. The molecule has 2 unspecified atom stereocenters. The minimum absolute atomic E-state index is 0.00829. The predicted molar refractivity (Wildman–Crippen MR) is 70.7 cm³/mol. The first kappa shape index (κ1) is 16.0. The molecule has 108 valence electrons. The maximum atomic E-state index is 12.5. The van der Waals surface area contributed by atoms with Crippen molar-refractivity contribution in [2.75, 3.05) is 0 Å². The largest absolute Gasteiger partial charge is 0.416 e. The SMILES string of the molecule is CC(N)CC(CC(C)N)c1ccc(C(F)(F)F)cc1. The first-order valence-electron chi connectivity index (χ1n) is 6.38. The molecule has 2 atom stereocenters. The van der Waals surface area contributed by atoms with Gasteiger partial charge in [0.05, 0.1) is 5.56 Å². The Morgan fingerprint density at radius 2 is 1.37 bits per heavy atom. The van der Waals surface area contributed by atoms with Crippen LogP contribution in [0.15, 0.2) is 24.3 Å². The van der Waals surface area contributed by atoms with Gasteiger partial charge in [-0.3, -0.25) is 0 Å². The molecule has 19 heavy (non-hydrogen) atoms. The lowest BCUT2D eigenvalue weighted by atomic mass is 9.87. The molecule has 5 heteroatoms. The van der Waals surface area contributed by atoms with Gasteiger partial charge in [0, 0.05) is 12.1 Å². The molecular formula is C14H21F3N2. The van der Waals surface area contributed by atoms with Crippen molar-refractivity contribution >= 4 is 0 Å². The Morgan fingerprint density at radius 1 is 0.947 bits per heavy atom. The van der Waals surface area contributed by atoms with Crippen molar-refractivity contribution in [3.8, 4) is 0 Å². The van der Waals surface area contributed by atoms with Crippen LogP contribution in [0.1, 0.15) is 43.7 Å². The Bertz CT molecular complexity index is 373. The van der Waals surface area contributed by atoms with E-state index in [9.17, 15) is 13.2 Å². The summed E-state index contributed by atoms with van der Waals surface area (Å²) in [6.07, 6.45) is -2.86. The molecule has 0 radical (unpaired) electrons. The predicted octanol–water partition coefficient (Wildman–Crippen LogP) is 3.26. The molecule has 0 saturated carbocycles. The number of alkyl halides is 3. The summed E-state index contributed by atoms with van der Waals surface area (Å²) in [6.45, 7) is 3.77. The van der Waals surface area contributed by atoms with E-state index in [1.54, 1.807) is 0 Å². The van der Waals surface area contributed by atoms with E-state index in [4.69, 9.17) is 11.5 Å². The lowest BCUT2D eigenvalue weighted by Gasteiger charge is -2.22. The Labute approximate surface area is 112 Å². The molecule has 4 N–H and O–H groups in total. The van der Waals surface area contributed by atoms with Crippen LogP contribution in [0, 0.1) is 0 Å². The van der Waals surface area contributed by atoms with E-state index in [-0.39, 0.29) is 18.0 Å². The summed E-state index contributed by atoms with van der Waals surface area (Å²) in [6, 6.07) is 5.27. The van der Waals surface area contributed by atoms with Crippen molar-refractivity contribution in [1.29, 1.82) is 0 Å². The molecule has 0 aliphatic heterocycles. The Balaban J connectivity index is 2.90. The highest BCUT2D eigenvalue weighted by molar-refractivity contribution is 5.27. The van der Waals surface area contributed by atoms with Crippen LogP contribution in [0.5, 0.6) is 0 Å². The maximum absolute atomic E-state index is 12.5. The Kier molecular flexibility index (Phi) is 5.38. The highest BCUT2D eigenvalue weighted by Crippen LogP contribution is 2.32. The zero-order chi connectivity index (χ0) is 14.6. The molecule has 1 aromatic carbocycles. The van der Waals surface area contributed by atoms with Gasteiger partial charge in [0.1, 0.15) is 0 Å². The van der Waals surface area contributed by atoms with Gasteiger partial charge in [-0.1, -0.05) is 12.1 Å². The van der Waals surface area contributed by atoms with Crippen LogP contribution in [0.25, 0.3) is 0 Å². The highest BCUT2D eigenvalue weighted by Gasteiger charge is 2.30. The van der Waals surface area contributed by atoms with Gasteiger partial charge < -0.3 is 11.5 Å². The number of hydrogen-bond donors (Lipinski definition) is 2. The third-order valence-electron chi connectivity index (χ3n) is 3.02. The van der Waals surface area contributed by atoms with E-state index in [1.807, 2.05) is 13.8 Å². The molecule has 1 rings (SSSR count). The second kappa shape index (κ2) is 6.39. The van der Waals surface area contributed by atoms with Crippen LogP contribution < -0.4 is 11.5 Å². The van der Waals surface area contributed by atoms with E-state index in [2.05, 4.69) is 0 Å². The number of hydrogen-bond acceptors (Lipinski definition) is 2. The summed E-state index contributed by atoms with van der Waals surface area (Å²) >= 11 is 0. The second-order valence-corrected chi connectivity index (χ2v) is 5.24. The molecule has 1 aromatic rings. The summed E-state index contributed by atoms with van der Waals surface area (Å²) in [5, 5.41) is 0. The molecule has 0 spiro atoms. The summed E-state index contributed by atoms with van der Waals surface area (Å²) in [5.74, 6) is 0.0993. The average Bonchev–Trinajstić information content (AvgIpc) is 2.26. The van der Waals surface area contributed by atoms with Crippen LogP contribution in [0.2, 0.25) is 0 Å². The van der Waals surface area contributed by atoms with E-state index in [0.29, 0.717) is 12.8 Å². The molecule has 0 fully saturated rings. The van der Waals surface area contributed by atoms with Crippen molar-refractivity contribution in [2.45, 2.75) is 50.9 Å². The van der Waals surface area contributed by atoms with Crippen LogP contribution in [-0.2, 0) is 6.18 Å². The first-order valence-corrected chi connectivity index (χ1v) is 6.38. The monoisotopic (exact) mass is 274 g/mol. The van der Waals surface area contributed by atoms with Crippen molar-refractivity contribution in [1.82, 2.24) is 0 Å². The molecule has 0 saturated heterocycles. The van der Waals surface area contributed by atoms with Crippen molar-refractivity contribution in [3.05, 3.63) is 35.4 Å². The summed E-state index contributed by atoms with van der Waals surface area (Å²) in [4.78, 5) is 0. The van der Waals surface area contributed by atoms with Gasteiger partial charge >= 0.3 is 6.18 Å². The summed E-state index contributed by atoms with van der Waals surface area (Å²) in [5.41, 5.74) is 11.8. The van der Waals surface area contributed by atoms with Crippen LogP contribution in [-0.4, -0.2) is 12.1 Å². The van der Waals surface area contributed by atoms with Gasteiger partial charge in [-0.2, -0.15) is 13.2 Å². The smallest absolute Gasteiger partial charge is 0.328 e. The van der Waals surface area contributed by atoms with Gasteiger partial charge in [-0.05, 0) is 50.3 Å². The summed E-state index contributed by atoms with van der Waals surface area (Å²) < 4.78 is 37.5. The molecule has 0 aromatic heterocycles. The van der Waals surface area contributed by atoms with E-state index in [1.165, 1.54) is 12.1 Å². The maximum Gasteiger partial charge on any atom is 0.416 e. The number of halogens is 3. The zero-order valence-electron chi connectivity index (χ0n) is 11.2. The summed E-state index contributed by atoms with van der Waals surface area (Å²) in [7, 11) is 0. The van der Waals surface area contributed by atoms with Crippen LogP contribution in [0.3, 0.4) is 0 Å². The quantitative estimate of drug-likeness (QED) is 0.866. The number of nitrogens with two attached hydrogens (primary N) is 2. The first-order chi connectivity index (χ1) is 8.70. The fraction of sp³-hybridized carbons (Fsp3) is 0.571. The standard InChI is InChI=1S/C14H21F3N2/c1-9(18)7-12(8-10(2)19)11-3-5-13(6-4-11)14(15,16)17/h3-6,9-10,12H,7-8,18-19H2,1-2H3. The molecule has 0 aliphatic carbocycles. The minimum Gasteiger partial charge on any atom is -0.328 e. The molecule has 0 amide bonds. The molecule has 0 aliphatic rings. The van der Waals surface area contributed by atoms with E-state index < -0.39 is 11.7 Å². The van der Waals surface area contributed by atoms with Crippen molar-refractivity contribution in [2.24, 2.45) is 11.5 Å². The van der Waals surface area contributed by atoms with Crippen LogP contribution >= 0.6 is 0 Å². The third-order valence-corrected chi connectivity index (χ3v) is 3.02. The average molecular weight is 274 g/mol. The number of rotatable bonds is 5. The van der Waals surface area contributed by atoms with Gasteiger partial charge in [-0.15, -0.1) is 0 Å². The van der Waals surface area contributed by atoms with Gasteiger partial charge in [-0.25, -0.2) is 0 Å². The molecule has 2 nitrogen and oxygen atoms in total. The second-order valence-electron chi connectivity index (χ2n) is 5.24. The minimum atomic E-state index is -4.30. The van der Waals surface area contributed by atoms with Gasteiger partial charge in [0.25, 0.3) is 0 Å². The molecular weight excluding hydrogens is 253 g/mol. The zero-order valence-corrected chi connectivity index (χ0v) is 11.2. The lowest BCUT2D eigenvalue weighted by Crippen LogP contribution is -2.24. The van der Waals surface area contributed by atoms with Crippen molar-refractivity contribution < 1.29 is 13.2 Å². The van der Waals surface area contributed by atoms with E-state index in [0.717, 1.165) is 17.7 Å². The highest BCUT2D eigenvalue weighted by atomic mass is 19.4. The van der Waals surface area contributed by atoms with Crippen LogP contribution in [0.4, 0.5) is 13.2 Å². The molecule has 0 bridgehead atoms. The molecule has 0 heterocycles. The van der Waals surface area contributed by atoms with Crippen molar-refractivity contribution in [3.63, 3.8) is 0 Å². The van der Waals surface area contributed by atoms with Gasteiger partial charge in [0.15, 0.2) is 0 Å². The third kappa shape index (κ3) is 5.20. The Hall–Kier alpha value is -1.07. The number of benzene rings is 1. The fourth-order valence-corrected chi connectivity index (χ4v) is 2.21.